The Hall–Kier alpha value is -1.64. The lowest BCUT2D eigenvalue weighted by molar-refractivity contribution is -0.384. The first-order chi connectivity index (χ1) is 8.85. The highest BCUT2D eigenvalue weighted by molar-refractivity contribution is 8.00. The molecule has 1 N–H and O–H groups in total. The van der Waals surface area contributed by atoms with Crippen molar-refractivity contribution in [3.63, 3.8) is 0 Å². The molecule has 19 heavy (non-hydrogen) atoms. The average Bonchev–Trinajstić information content (AvgIpc) is 2.32. The van der Waals surface area contributed by atoms with Crippen molar-refractivity contribution in [1.82, 2.24) is 0 Å². The summed E-state index contributed by atoms with van der Waals surface area (Å²) >= 11 is -0.187. The largest absolute Gasteiger partial charge is 0.490 e. The van der Waals surface area contributed by atoms with Gasteiger partial charge in [0.25, 0.3) is 0 Å². The molecule has 0 bridgehead atoms. The molecule has 0 atom stereocenters. The quantitative estimate of drug-likeness (QED) is 0.496. The van der Waals surface area contributed by atoms with Gasteiger partial charge in [0.1, 0.15) is 5.69 Å². The molecule has 1 aromatic rings. The van der Waals surface area contributed by atoms with Gasteiger partial charge in [-0.05, 0) is 23.9 Å². The van der Waals surface area contributed by atoms with Crippen LogP contribution in [0.15, 0.2) is 18.2 Å². The number of hydrogen-bond acceptors (Lipinski definition) is 5. The Balaban J connectivity index is 2.70. The van der Waals surface area contributed by atoms with E-state index in [9.17, 15) is 23.3 Å². The Labute approximate surface area is 111 Å². The summed E-state index contributed by atoms with van der Waals surface area (Å²) in [7, 11) is 1.28. The number of nitro groups is 1. The molecule has 1 aromatic carbocycles. The Morgan fingerprint density at radius 1 is 1.47 bits per heavy atom. The number of nitro benzene ring substituents is 1. The fourth-order valence-electron chi connectivity index (χ4n) is 1.37. The number of benzene rings is 1. The zero-order valence-corrected chi connectivity index (χ0v) is 10.7. The van der Waals surface area contributed by atoms with Crippen LogP contribution in [-0.2, 0) is 0 Å². The highest BCUT2D eigenvalue weighted by atomic mass is 32.2. The van der Waals surface area contributed by atoms with E-state index < -0.39 is 10.4 Å². The average molecular weight is 296 g/mol. The van der Waals surface area contributed by atoms with Crippen LogP contribution in [0.4, 0.5) is 24.5 Å². The first-order valence-electron chi connectivity index (χ1n) is 5.11. The number of halogens is 3. The molecular weight excluding hydrogens is 285 g/mol. The van der Waals surface area contributed by atoms with Crippen LogP contribution in [0.25, 0.3) is 0 Å². The minimum absolute atomic E-state index is 0.0435. The Morgan fingerprint density at radius 2 is 2.16 bits per heavy atom. The van der Waals surface area contributed by atoms with Crippen LogP contribution < -0.4 is 10.1 Å². The molecule has 0 aliphatic heterocycles. The van der Waals surface area contributed by atoms with E-state index in [-0.39, 0.29) is 41.2 Å². The van der Waals surface area contributed by atoms with Crippen molar-refractivity contribution in [2.75, 3.05) is 24.7 Å². The topological polar surface area (TPSA) is 64.4 Å². The van der Waals surface area contributed by atoms with E-state index in [1.165, 1.54) is 25.3 Å². The molecule has 0 saturated heterocycles. The van der Waals surface area contributed by atoms with Gasteiger partial charge in [0.2, 0.25) is 0 Å². The summed E-state index contributed by atoms with van der Waals surface area (Å²) in [5, 5.41) is 13.5. The highest BCUT2D eigenvalue weighted by Crippen LogP contribution is 2.35. The molecule has 0 spiro atoms. The molecule has 0 amide bonds. The Bertz CT molecular complexity index is 454. The van der Waals surface area contributed by atoms with Crippen molar-refractivity contribution in [2.45, 2.75) is 5.51 Å². The van der Waals surface area contributed by atoms with E-state index in [4.69, 9.17) is 4.74 Å². The van der Waals surface area contributed by atoms with Crippen LogP contribution in [-0.4, -0.2) is 29.8 Å². The van der Waals surface area contributed by atoms with Gasteiger partial charge in [0.15, 0.2) is 5.75 Å². The third kappa shape index (κ3) is 4.86. The molecule has 0 aliphatic rings. The van der Waals surface area contributed by atoms with Gasteiger partial charge in [-0.1, -0.05) is 6.07 Å². The molecule has 0 saturated carbocycles. The number of nitrogens with zero attached hydrogens (tertiary/aromatic N) is 1. The van der Waals surface area contributed by atoms with E-state index in [2.05, 4.69) is 5.32 Å². The molecule has 0 unspecified atom stereocenters. The fourth-order valence-corrected chi connectivity index (χ4v) is 1.81. The molecule has 0 heterocycles. The molecule has 9 heteroatoms. The number of methoxy groups -OCH3 is 1. The number of para-hydroxylation sites is 1. The lowest BCUT2D eigenvalue weighted by atomic mass is 10.2. The van der Waals surface area contributed by atoms with Gasteiger partial charge in [0, 0.05) is 12.3 Å². The zero-order valence-electron chi connectivity index (χ0n) is 9.86. The van der Waals surface area contributed by atoms with Crippen LogP contribution in [0.1, 0.15) is 0 Å². The minimum atomic E-state index is -4.30. The summed E-state index contributed by atoms with van der Waals surface area (Å²) < 4.78 is 40.6. The lowest BCUT2D eigenvalue weighted by Gasteiger charge is -2.10. The van der Waals surface area contributed by atoms with Crippen molar-refractivity contribution in [3.05, 3.63) is 28.3 Å². The second kappa shape index (κ2) is 6.50. The summed E-state index contributed by atoms with van der Waals surface area (Å²) in [6.45, 7) is -0.0435. The summed E-state index contributed by atoms with van der Waals surface area (Å²) in [6.07, 6.45) is 0. The molecule has 1 rings (SSSR count). The zero-order chi connectivity index (χ0) is 14.5. The number of anilines is 1. The maximum absolute atomic E-state index is 11.9. The molecule has 0 fully saturated rings. The number of nitrogens with one attached hydrogen (secondary N) is 1. The Kier molecular flexibility index (Phi) is 5.28. The van der Waals surface area contributed by atoms with Gasteiger partial charge in [-0.2, -0.15) is 13.2 Å². The van der Waals surface area contributed by atoms with Crippen molar-refractivity contribution in [2.24, 2.45) is 0 Å². The second-order valence-electron chi connectivity index (χ2n) is 3.33. The summed E-state index contributed by atoms with van der Waals surface area (Å²) in [6, 6.07) is 4.34. The minimum Gasteiger partial charge on any atom is -0.490 e. The smallest absolute Gasteiger partial charge is 0.441 e. The maximum atomic E-state index is 11.9. The van der Waals surface area contributed by atoms with Gasteiger partial charge < -0.3 is 10.1 Å². The fraction of sp³-hybridized carbons (Fsp3) is 0.400. The molecular formula is C10H11F3N2O3S. The highest BCUT2D eigenvalue weighted by Gasteiger charge is 2.27. The third-order valence-corrected chi connectivity index (χ3v) is 2.82. The molecule has 106 valence electrons. The van der Waals surface area contributed by atoms with Gasteiger partial charge in [0.05, 0.1) is 12.0 Å². The van der Waals surface area contributed by atoms with Crippen molar-refractivity contribution in [1.29, 1.82) is 0 Å². The predicted octanol–water partition coefficient (Wildman–Crippen LogP) is 3.27. The van der Waals surface area contributed by atoms with Gasteiger partial charge >= 0.3 is 11.2 Å². The van der Waals surface area contributed by atoms with Crippen molar-refractivity contribution in [3.8, 4) is 5.75 Å². The monoisotopic (exact) mass is 296 g/mol. The number of rotatable bonds is 6. The standard InChI is InChI=1S/C10H11F3N2O3S/c1-18-8-4-2-3-7(9(8)15(16)17)14-5-6-19-10(11,12)13/h2-4,14H,5-6H2,1H3. The number of alkyl halides is 3. The van der Waals surface area contributed by atoms with E-state index in [1.54, 1.807) is 0 Å². The number of hydrogen-bond donors (Lipinski definition) is 1. The molecule has 0 aliphatic carbocycles. The van der Waals surface area contributed by atoms with Crippen molar-refractivity contribution >= 4 is 23.1 Å². The number of thioether (sulfide) groups is 1. The van der Waals surface area contributed by atoms with Gasteiger partial charge in [-0.25, -0.2) is 0 Å². The SMILES string of the molecule is COc1cccc(NCCSC(F)(F)F)c1[N+](=O)[O-]. The van der Waals surface area contributed by atoms with Crippen LogP contribution >= 0.6 is 11.8 Å². The predicted molar refractivity (Wildman–Crippen MR) is 66.7 cm³/mol. The van der Waals surface area contributed by atoms with Gasteiger partial charge in [-0.3, -0.25) is 10.1 Å². The van der Waals surface area contributed by atoms with E-state index in [0.717, 1.165) is 0 Å². The van der Waals surface area contributed by atoms with Gasteiger partial charge in [-0.15, -0.1) is 0 Å². The van der Waals surface area contributed by atoms with Crippen LogP contribution in [0, 0.1) is 10.1 Å². The molecule has 0 radical (unpaired) electrons. The maximum Gasteiger partial charge on any atom is 0.441 e. The summed E-state index contributed by atoms with van der Waals surface area (Å²) in [5.41, 5.74) is -4.46. The lowest BCUT2D eigenvalue weighted by Crippen LogP contribution is -2.10. The number of ether oxygens (including phenoxy) is 1. The second-order valence-corrected chi connectivity index (χ2v) is 4.49. The van der Waals surface area contributed by atoms with E-state index >= 15 is 0 Å². The third-order valence-electron chi connectivity index (χ3n) is 2.08. The first-order valence-corrected chi connectivity index (χ1v) is 6.09. The Morgan fingerprint density at radius 3 is 2.68 bits per heavy atom. The van der Waals surface area contributed by atoms with E-state index in [1.807, 2.05) is 0 Å². The summed E-state index contributed by atoms with van der Waals surface area (Å²) in [5.74, 6) is -0.184. The normalized spacial score (nSPS) is 11.2. The van der Waals surface area contributed by atoms with Crippen LogP contribution in [0.2, 0.25) is 0 Å². The summed E-state index contributed by atoms with van der Waals surface area (Å²) in [4.78, 5) is 10.3. The van der Waals surface area contributed by atoms with Crippen LogP contribution in [0.5, 0.6) is 5.75 Å². The molecule has 0 aromatic heterocycles. The molecule has 5 nitrogen and oxygen atoms in total. The first kappa shape index (κ1) is 15.4. The van der Waals surface area contributed by atoms with Crippen molar-refractivity contribution < 1.29 is 22.8 Å². The van der Waals surface area contributed by atoms with E-state index in [0.29, 0.717) is 0 Å². The van der Waals surface area contributed by atoms with Crippen LogP contribution in [0.3, 0.4) is 0 Å².